The monoisotopic (exact) mass is 667 g/mol. The van der Waals surface area contributed by atoms with Crippen molar-refractivity contribution in [1.29, 1.82) is 0 Å². The Hall–Kier alpha value is -3.23. The minimum absolute atomic E-state index is 0.306. The Morgan fingerprint density at radius 3 is 2.58 bits per heavy atom. The van der Waals surface area contributed by atoms with Crippen LogP contribution in [0.15, 0.2) is 78.2 Å². The molecule has 4 aromatic rings. The molecule has 0 aliphatic carbocycles. The van der Waals surface area contributed by atoms with E-state index in [0.717, 1.165) is 61.8 Å². The van der Waals surface area contributed by atoms with Gasteiger partial charge < -0.3 is 19.4 Å². The number of nitrogens with zero attached hydrogens (tertiary/aromatic N) is 2. The fraction of sp³-hybridized carbons (Fsp3) is 0.303. The SMILES string of the molecule is CCC(/C=C1\Oc2ccc(-c3ccccc3)cc2N1CCSOO[O-])=C\c1sc2cc(C)c(C)cc2[n+]1CCCCS(=O)(=O)[O-]. The predicted octanol–water partition coefficient (Wildman–Crippen LogP) is 6.20. The second-order valence-electron chi connectivity index (χ2n) is 10.8. The molecule has 0 amide bonds. The lowest BCUT2D eigenvalue weighted by Gasteiger charge is -2.19. The molecule has 0 bridgehead atoms. The van der Waals surface area contributed by atoms with Gasteiger partial charge in [0.1, 0.15) is 4.70 Å². The quantitative estimate of drug-likeness (QED) is 0.0387. The van der Waals surface area contributed by atoms with E-state index in [1.807, 2.05) is 36.4 Å². The first-order chi connectivity index (χ1) is 21.7. The molecule has 1 aliphatic heterocycles. The summed E-state index contributed by atoms with van der Waals surface area (Å²) in [6.07, 6.45) is 5.79. The normalized spacial score (nSPS) is 14.4. The molecule has 1 aromatic heterocycles. The Balaban J connectivity index is 1.50. The third kappa shape index (κ3) is 8.33. The van der Waals surface area contributed by atoms with E-state index in [1.165, 1.54) is 11.1 Å². The van der Waals surface area contributed by atoms with E-state index in [4.69, 9.17) is 4.74 Å². The number of hydrogen-bond donors (Lipinski definition) is 0. The Kier molecular flexibility index (Phi) is 11.0. The van der Waals surface area contributed by atoms with Gasteiger partial charge in [-0.2, -0.15) is 8.90 Å². The first kappa shape index (κ1) is 33.1. The summed E-state index contributed by atoms with van der Waals surface area (Å²) in [7, 11) is -4.25. The van der Waals surface area contributed by atoms with E-state index in [1.54, 1.807) is 11.3 Å². The van der Waals surface area contributed by atoms with Crippen LogP contribution in [0.3, 0.4) is 0 Å². The Morgan fingerprint density at radius 2 is 1.84 bits per heavy atom. The highest BCUT2D eigenvalue weighted by molar-refractivity contribution is 7.94. The van der Waals surface area contributed by atoms with Crippen LogP contribution in [-0.2, 0) is 26.0 Å². The topological polar surface area (TPSA) is 115 Å². The molecule has 0 radical (unpaired) electrons. The van der Waals surface area contributed by atoms with Crippen LogP contribution in [0, 0.1) is 13.8 Å². The second kappa shape index (κ2) is 14.9. The van der Waals surface area contributed by atoms with Crippen molar-refractivity contribution < 1.29 is 36.9 Å². The van der Waals surface area contributed by atoms with Crippen molar-refractivity contribution in [2.45, 2.75) is 46.6 Å². The van der Waals surface area contributed by atoms with Crippen LogP contribution < -0.4 is 19.5 Å². The van der Waals surface area contributed by atoms with Gasteiger partial charge in [-0.05, 0) is 72.7 Å². The average Bonchev–Trinajstić information content (AvgIpc) is 3.53. The molecule has 5 rings (SSSR count). The highest BCUT2D eigenvalue weighted by Crippen LogP contribution is 2.42. The van der Waals surface area contributed by atoms with E-state index in [2.05, 4.69) is 76.0 Å². The van der Waals surface area contributed by atoms with Crippen LogP contribution >= 0.6 is 23.4 Å². The summed E-state index contributed by atoms with van der Waals surface area (Å²) >= 11 is 2.61. The van der Waals surface area contributed by atoms with Gasteiger partial charge in [0.05, 0.1) is 15.8 Å². The number of rotatable bonds is 14. The lowest BCUT2D eigenvalue weighted by atomic mass is 10.0. The van der Waals surface area contributed by atoms with Crippen LogP contribution in [0.25, 0.3) is 27.4 Å². The van der Waals surface area contributed by atoms with Crippen LogP contribution in [0.5, 0.6) is 5.75 Å². The van der Waals surface area contributed by atoms with Crippen molar-refractivity contribution in [2.24, 2.45) is 0 Å². The molecule has 2 heterocycles. The summed E-state index contributed by atoms with van der Waals surface area (Å²) in [4.78, 5) is 2.07. The van der Waals surface area contributed by atoms with Crippen molar-refractivity contribution >= 4 is 55.5 Å². The van der Waals surface area contributed by atoms with Crippen molar-refractivity contribution in [2.75, 3.05) is 23.0 Å². The average molecular weight is 668 g/mol. The minimum atomic E-state index is -4.25. The van der Waals surface area contributed by atoms with E-state index >= 15 is 0 Å². The lowest BCUT2D eigenvalue weighted by Crippen LogP contribution is -2.35. The first-order valence-corrected chi connectivity index (χ1v) is 18.0. The summed E-state index contributed by atoms with van der Waals surface area (Å²) < 4.78 is 47.8. The number of fused-ring (bicyclic) bond motifs is 2. The summed E-state index contributed by atoms with van der Waals surface area (Å²) in [5.41, 5.74) is 7.57. The summed E-state index contributed by atoms with van der Waals surface area (Å²) in [6, 6.07) is 20.6. The Labute approximate surface area is 272 Å². The van der Waals surface area contributed by atoms with Gasteiger partial charge in [0.2, 0.25) is 11.4 Å². The third-order valence-corrected chi connectivity index (χ3v) is 10.1. The predicted molar refractivity (Wildman–Crippen MR) is 176 cm³/mol. The van der Waals surface area contributed by atoms with Crippen molar-refractivity contribution in [3.63, 3.8) is 0 Å². The lowest BCUT2D eigenvalue weighted by molar-refractivity contribution is -0.777. The number of unbranched alkanes of at least 4 members (excludes halogenated alkanes) is 1. The first-order valence-electron chi connectivity index (χ1n) is 14.7. The van der Waals surface area contributed by atoms with Crippen molar-refractivity contribution in [3.8, 4) is 16.9 Å². The highest BCUT2D eigenvalue weighted by Gasteiger charge is 2.27. The molecule has 0 atom stereocenters. The molecule has 9 nitrogen and oxygen atoms in total. The van der Waals surface area contributed by atoms with E-state index in [9.17, 15) is 18.2 Å². The minimum Gasteiger partial charge on any atom is -0.748 e. The Morgan fingerprint density at radius 1 is 1.07 bits per heavy atom. The number of allylic oxidation sites excluding steroid dienone is 2. The van der Waals surface area contributed by atoms with Gasteiger partial charge in [-0.15, -0.1) is 0 Å². The molecule has 0 saturated carbocycles. The number of hydrogen-bond acceptors (Lipinski definition) is 10. The largest absolute Gasteiger partial charge is 0.748 e. The molecule has 12 heteroatoms. The smallest absolute Gasteiger partial charge is 0.263 e. The summed E-state index contributed by atoms with van der Waals surface area (Å²) in [5.74, 6) is 1.48. The number of aromatic nitrogens is 1. The van der Waals surface area contributed by atoms with Crippen LogP contribution in [0.4, 0.5) is 5.69 Å². The fourth-order valence-electron chi connectivity index (χ4n) is 5.23. The maximum absolute atomic E-state index is 11.2. The zero-order valence-electron chi connectivity index (χ0n) is 25.4. The van der Waals surface area contributed by atoms with E-state index < -0.39 is 10.1 Å². The third-order valence-electron chi connectivity index (χ3n) is 7.71. The molecule has 238 valence electrons. The molecule has 0 fully saturated rings. The van der Waals surface area contributed by atoms with E-state index in [-0.39, 0.29) is 5.75 Å². The van der Waals surface area contributed by atoms with Gasteiger partial charge in [0, 0.05) is 54.7 Å². The van der Waals surface area contributed by atoms with Crippen LogP contribution in [0.2, 0.25) is 0 Å². The van der Waals surface area contributed by atoms with Gasteiger partial charge in [0.15, 0.2) is 12.3 Å². The molecule has 0 unspecified atom stereocenters. The van der Waals surface area contributed by atoms with Crippen LogP contribution in [0.1, 0.15) is 42.3 Å². The Bertz CT molecular complexity index is 1820. The van der Waals surface area contributed by atoms with Crippen molar-refractivity contribution in [3.05, 3.63) is 94.3 Å². The summed E-state index contributed by atoms with van der Waals surface area (Å²) in [6.45, 7) is 7.36. The van der Waals surface area contributed by atoms with Crippen molar-refractivity contribution in [1.82, 2.24) is 0 Å². The number of benzene rings is 3. The molecule has 45 heavy (non-hydrogen) atoms. The molecular formula is C33H35N2O7S3-. The number of anilines is 1. The van der Waals surface area contributed by atoms with Crippen LogP contribution in [-0.4, -0.2) is 31.0 Å². The fourth-order valence-corrected chi connectivity index (χ4v) is 7.40. The number of ether oxygens (including phenoxy) is 1. The number of aryl methyl sites for hydroxylation is 3. The molecular weight excluding hydrogens is 633 g/mol. The zero-order chi connectivity index (χ0) is 32.0. The number of thiazole rings is 1. The second-order valence-corrected chi connectivity index (χ2v) is 14.1. The molecule has 0 saturated heterocycles. The van der Waals surface area contributed by atoms with E-state index in [0.29, 0.717) is 37.6 Å². The van der Waals surface area contributed by atoms with Gasteiger partial charge in [-0.1, -0.05) is 54.7 Å². The molecule has 0 spiro atoms. The maximum Gasteiger partial charge on any atom is 0.263 e. The van der Waals surface area contributed by atoms with Gasteiger partial charge in [-0.25, -0.2) is 8.42 Å². The highest BCUT2D eigenvalue weighted by atomic mass is 32.2. The molecule has 3 aromatic carbocycles. The zero-order valence-corrected chi connectivity index (χ0v) is 27.8. The molecule has 1 aliphatic rings. The van der Waals surface area contributed by atoms with Gasteiger partial charge in [-0.3, -0.25) is 5.04 Å². The summed E-state index contributed by atoms with van der Waals surface area (Å²) in [5, 5.41) is 14.9. The maximum atomic E-state index is 11.2. The van der Waals surface area contributed by atoms with Gasteiger partial charge in [0.25, 0.3) is 5.01 Å². The van der Waals surface area contributed by atoms with Gasteiger partial charge >= 0.3 is 0 Å². The standard InChI is InChI=1S/C33H36N2O7S3/c1-4-25(21-33-35(14-8-9-17-45(37,38)39)29-18-23(2)24(3)19-31(29)44-33)20-32-34(15-16-43-42-41-36)28-22-27(12-13-30(28)40-32)26-10-6-5-7-11-26/h5-7,10-13,18-22H,4,8-9,14-17H2,1-3H3,(H-,36,37,38,39)/p-1. The molecule has 0 N–H and O–H groups in total.